The van der Waals surface area contributed by atoms with Crippen LogP contribution >= 0.6 is 11.6 Å². The van der Waals surface area contributed by atoms with E-state index in [1.165, 1.54) is 22.3 Å². The average Bonchev–Trinajstić information content (AvgIpc) is 3.04. The second-order valence-corrected chi connectivity index (χ2v) is 7.98. The smallest absolute Gasteiger partial charge is 0.240 e. The zero-order valence-electron chi connectivity index (χ0n) is 14.9. The lowest BCUT2D eigenvalue weighted by Gasteiger charge is -2.08. The molecule has 0 aliphatic carbocycles. The number of halogens is 1. The summed E-state index contributed by atoms with van der Waals surface area (Å²) in [7, 11) is -3.80. The molecule has 0 saturated heterocycles. The van der Waals surface area contributed by atoms with Gasteiger partial charge in [0.25, 0.3) is 10.0 Å². The van der Waals surface area contributed by atoms with Crippen molar-refractivity contribution in [1.82, 2.24) is 13.9 Å². The predicted molar refractivity (Wildman–Crippen MR) is 110 cm³/mol. The highest BCUT2D eigenvalue weighted by molar-refractivity contribution is 7.94. The first kappa shape index (κ1) is 19.1. The van der Waals surface area contributed by atoms with E-state index in [9.17, 15) is 8.42 Å². The Bertz CT molecular complexity index is 1190. The minimum atomic E-state index is -3.80. The molecule has 138 valence electrons. The van der Waals surface area contributed by atoms with Gasteiger partial charge in [-0.05, 0) is 26.0 Å². The van der Waals surface area contributed by atoms with E-state index in [4.69, 9.17) is 11.6 Å². The molecule has 0 amide bonds. The molecule has 3 rings (SSSR count). The number of aromatic nitrogens is 3. The van der Waals surface area contributed by atoms with Gasteiger partial charge in [-0.2, -0.15) is 0 Å². The molecule has 5 nitrogen and oxygen atoms in total. The van der Waals surface area contributed by atoms with Crippen molar-refractivity contribution in [3.05, 3.63) is 83.3 Å². The molecule has 2 aromatic heterocycles. The van der Waals surface area contributed by atoms with Crippen molar-refractivity contribution < 1.29 is 8.42 Å². The molecule has 0 radical (unpaired) electrons. The van der Waals surface area contributed by atoms with Gasteiger partial charge >= 0.3 is 0 Å². The van der Waals surface area contributed by atoms with E-state index in [-0.39, 0.29) is 4.91 Å². The van der Waals surface area contributed by atoms with Crippen molar-refractivity contribution in [2.45, 2.75) is 13.8 Å². The molecule has 0 unspecified atom stereocenters. The normalized spacial score (nSPS) is 12.8. The van der Waals surface area contributed by atoms with Crippen LogP contribution in [-0.4, -0.2) is 22.4 Å². The van der Waals surface area contributed by atoms with Crippen LogP contribution in [0.15, 0.2) is 72.4 Å². The molecule has 3 aromatic rings. The number of nitrogens with zero attached hydrogens (tertiary/aromatic N) is 3. The SMILES string of the molecule is C=C/C=C\C(=C/C)S(=O)(=O)n1cc(-c2nc(C)ncc2Cl)c2ccccc21. The number of hydrogen-bond donors (Lipinski definition) is 0. The Balaban J connectivity index is 2.32. The van der Waals surface area contributed by atoms with E-state index in [0.29, 0.717) is 27.6 Å². The summed E-state index contributed by atoms with van der Waals surface area (Å²) in [6, 6.07) is 7.24. The van der Waals surface area contributed by atoms with Gasteiger partial charge in [0.2, 0.25) is 0 Å². The van der Waals surface area contributed by atoms with E-state index in [1.54, 1.807) is 44.3 Å². The molecule has 0 atom stereocenters. The van der Waals surface area contributed by atoms with E-state index < -0.39 is 10.0 Å². The van der Waals surface area contributed by atoms with Crippen LogP contribution in [0, 0.1) is 6.92 Å². The van der Waals surface area contributed by atoms with E-state index in [0.717, 1.165) is 5.39 Å². The fourth-order valence-corrected chi connectivity index (χ4v) is 4.42. The first-order chi connectivity index (χ1) is 12.9. The number of fused-ring (bicyclic) bond motifs is 1. The Hall–Kier alpha value is -2.70. The molecule has 0 spiro atoms. The molecular formula is C20H18ClN3O2S. The zero-order valence-corrected chi connectivity index (χ0v) is 16.5. The summed E-state index contributed by atoms with van der Waals surface area (Å²) >= 11 is 6.30. The number of aryl methyl sites for hydroxylation is 1. The second-order valence-electron chi connectivity index (χ2n) is 5.76. The van der Waals surface area contributed by atoms with Gasteiger partial charge in [0.05, 0.1) is 21.1 Å². The molecule has 0 N–H and O–H groups in total. The van der Waals surface area contributed by atoms with Gasteiger partial charge in [-0.25, -0.2) is 22.4 Å². The molecule has 0 aliphatic rings. The number of hydrogen-bond acceptors (Lipinski definition) is 4. The fourth-order valence-electron chi connectivity index (χ4n) is 2.79. The highest BCUT2D eigenvalue weighted by Gasteiger charge is 2.23. The quantitative estimate of drug-likeness (QED) is 0.573. The third-order valence-corrected chi connectivity index (χ3v) is 6.10. The van der Waals surface area contributed by atoms with Crippen molar-refractivity contribution >= 4 is 32.5 Å². The van der Waals surface area contributed by atoms with Crippen LogP contribution < -0.4 is 0 Å². The van der Waals surface area contributed by atoms with Crippen LogP contribution in [0.4, 0.5) is 0 Å². The number of allylic oxidation sites excluding steroid dienone is 4. The summed E-state index contributed by atoms with van der Waals surface area (Å²) < 4.78 is 27.7. The maximum absolute atomic E-state index is 13.2. The van der Waals surface area contributed by atoms with Crippen LogP contribution in [-0.2, 0) is 10.0 Å². The Morgan fingerprint density at radius 2 is 2.04 bits per heavy atom. The van der Waals surface area contributed by atoms with Crippen LogP contribution in [0.2, 0.25) is 5.02 Å². The Kier molecular flexibility index (Phi) is 5.30. The zero-order chi connectivity index (χ0) is 19.6. The molecule has 0 bridgehead atoms. The van der Waals surface area contributed by atoms with Gasteiger partial charge in [-0.3, -0.25) is 0 Å². The monoisotopic (exact) mass is 399 g/mol. The van der Waals surface area contributed by atoms with Gasteiger partial charge in [0.1, 0.15) is 5.82 Å². The first-order valence-electron chi connectivity index (χ1n) is 8.20. The predicted octanol–water partition coefficient (Wildman–Crippen LogP) is 4.88. The summed E-state index contributed by atoms with van der Waals surface area (Å²) in [5, 5.41) is 1.10. The maximum atomic E-state index is 13.2. The summed E-state index contributed by atoms with van der Waals surface area (Å²) in [5.41, 5.74) is 1.68. The third kappa shape index (κ3) is 3.46. The number of rotatable bonds is 5. The summed E-state index contributed by atoms with van der Waals surface area (Å²) in [4.78, 5) is 8.66. The van der Waals surface area contributed by atoms with Gasteiger partial charge in [-0.1, -0.05) is 54.6 Å². The molecule has 0 fully saturated rings. The standard InChI is InChI=1S/C20H18ClN3O2S/c1-4-6-9-15(5-2)27(25,26)24-13-17(16-10-7-8-11-19(16)24)20-18(21)12-22-14(3)23-20/h4-13H,1H2,2-3H3/b9-6-,15-5+. The van der Waals surface area contributed by atoms with Crippen LogP contribution in [0.25, 0.3) is 22.2 Å². The Morgan fingerprint density at radius 3 is 2.74 bits per heavy atom. The fraction of sp³-hybridized carbons (Fsp3) is 0.100. The molecule has 1 aromatic carbocycles. The molecule has 7 heteroatoms. The molecule has 27 heavy (non-hydrogen) atoms. The van der Waals surface area contributed by atoms with Crippen molar-refractivity contribution in [2.24, 2.45) is 0 Å². The lowest BCUT2D eigenvalue weighted by molar-refractivity contribution is 0.596. The van der Waals surface area contributed by atoms with E-state index >= 15 is 0 Å². The molecular weight excluding hydrogens is 382 g/mol. The Morgan fingerprint density at radius 1 is 1.30 bits per heavy atom. The maximum Gasteiger partial charge on any atom is 0.267 e. The van der Waals surface area contributed by atoms with E-state index in [2.05, 4.69) is 16.5 Å². The van der Waals surface area contributed by atoms with Crippen LogP contribution in [0.1, 0.15) is 12.7 Å². The topological polar surface area (TPSA) is 64.8 Å². The number of benzene rings is 1. The highest BCUT2D eigenvalue weighted by atomic mass is 35.5. The van der Waals surface area contributed by atoms with Crippen molar-refractivity contribution in [2.75, 3.05) is 0 Å². The highest BCUT2D eigenvalue weighted by Crippen LogP contribution is 2.35. The largest absolute Gasteiger partial charge is 0.267 e. The van der Waals surface area contributed by atoms with Crippen LogP contribution in [0.3, 0.4) is 0 Å². The minimum absolute atomic E-state index is 0.166. The van der Waals surface area contributed by atoms with Crippen molar-refractivity contribution in [1.29, 1.82) is 0 Å². The van der Waals surface area contributed by atoms with Crippen molar-refractivity contribution in [3.8, 4) is 11.3 Å². The average molecular weight is 400 g/mol. The molecule has 2 heterocycles. The molecule has 0 aliphatic heterocycles. The summed E-state index contributed by atoms with van der Waals surface area (Å²) in [6.45, 7) is 7.02. The number of para-hydroxylation sites is 1. The van der Waals surface area contributed by atoms with E-state index in [1.807, 2.05) is 12.1 Å². The first-order valence-corrected chi connectivity index (χ1v) is 10.0. The summed E-state index contributed by atoms with van der Waals surface area (Å²) in [6.07, 6.45) is 9.25. The summed E-state index contributed by atoms with van der Waals surface area (Å²) in [5.74, 6) is 0.553. The van der Waals surface area contributed by atoms with Gasteiger partial charge in [-0.15, -0.1) is 0 Å². The lowest BCUT2D eigenvalue weighted by Crippen LogP contribution is -2.12. The molecule has 0 saturated carbocycles. The van der Waals surface area contributed by atoms with Crippen molar-refractivity contribution in [3.63, 3.8) is 0 Å². The third-order valence-electron chi connectivity index (χ3n) is 4.04. The van der Waals surface area contributed by atoms with Gasteiger partial charge in [0, 0.05) is 23.3 Å². The van der Waals surface area contributed by atoms with Gasteiger partial charge in [0.15, 0.2) is 0 Å². The Labute approximate surface area is 163 Å². The van der Waals surface area contributed by atoms with Gasteiger partial charge < -0.3 is 0 Å². The minimum Gasteiger partial charge on any atom is -0.240 e. The lowest BCUT2D eigenvalue weighted by atomic mass is 10.1. The second kappa shape index (κ2) is 7.50. The van der Waals surface area contributed by atoms with Crippen LogP contribution in [0.5, 0.6) is 0 Å².